The summed E-state index contributed by atoms with van der Waals surface area (Å²) in [5.41, 5.74) is 0. The Morgan fingerprint density at radius 2 is 2.12 bits per heavy atom. The molecule has 0 aromatic carbocycles. The Labute approximate surface area is 161 Å². The number of alkyl carbamates (subject to hydrolysis) is 1. The first-order valence-electron chi connectivity index (χ1n) is 8.55. The fourth-order valence-electron chi connectivity index (χ4n) is 3.09. The normalized spacial score (nSPS) is 21.9. The number of guanidine groups is 1. The minimum Gasteiger partial charge on any atom is -0.450 e. The van der Waals surface area contributed by atoms with Crippen molar-refractivity contribution in [1.29, 1.82) is 0 Å². The summed E-state index contributed by atoms with van der Waals surface area (Å²) in [6, 6.07) is 0.100. The quantitative estimate of drug-likeness (QED) is 0.348. The number of carbonyl (C=O) groups is 1. The summed E-state index contributed by atoms with van der Waals surface area (Å²) in [5.74, 6) is 2.01. The van der Waals surface area contributed by atoms with E-state index in [2.05, 4.69) is 20.5 Å². The van der Waals surface area contributed by atoms with Gasteiger partial charge in [-0.15, -0.1) is 24.0 Å². The average Bonchev–Trinajstić information content (AvgIpc) is 3.28. The van der Waals surface area contributed by atoms with E-state index >= 15 is 0 Å². The molecule has 1 saturated heterocycles. The fraction of sp³-hybridized carbons (Fsp3) is 0.875. The standard InChI is InChI=1S/C16H30N4O3.HI/c1-4-23-16(21)19-14(13-5-6-13)9-18-15(17-2)20-8-7-12(10-20)11-22-3;/h12-14H,4-11H2,1-3H3,(H,17,18)(H,19,21);1H. The number of halogens is 1. The van der Waals surface area contributed by atoms with Crippen molar-refractivity contribution < 1.29 is 14.3 Å². The zero-order valence-electron chi connectivity index (χ0n) is 14.9. The third-order valence-electron chi connectivity index (χ3n) is 4.45. The summed E-state index contributed by atoms with van der Waals surface area (Å²) in [5, 5.41) is 6.37. The molecule has 0 radical (unpaired) electrons. The van der Waals surface area contributed by atoms with Crippen LogP contribution < -0.4 is 10.6 Å². The molecule has 2 atom stereocenters. The molecule has 24 heavy (non-hydrogen) atoms. The predicted octanol–water partition coefficient (Wildman–Crippen LogP) is 1.67. The van der Waals surface area contributed by atoms with Crippen molar-refractivity contribution in [3.63, 3.8) is 0 Å². The molecule has 2 aliphatic rings. The third-order valence-corrected chi connectivity index (χ3v) is 4.45. The molecule has 8 heteroatoms. The monoisotopic (exact) mass is 454 g/mol. The maximum absolute atomic E-state index is 11.7. The van der Waals surface area contributed by atoms with Crippen LogP contribution in [0.3, 0.4) is 0 Å². The van der Waals surface area contributed by atoms with Gasteiger partial charge in [-0.05, 0) is 32.1 Å². The van der Waals surface area contributed by atoms with E-state index in [4.69, 9.17) is 9.47 Å². The number of hydrogen-bond acceptors (Lipinski definition) is 4. The molecule has 2 unspecified atom stereocenters. The molecule has 0 aromatic rings. The zero-order chi connectivity index (χ0) is 16.7. The van der Waals surface area contributed by atoms with Gasteiger partial charge in [-0.25, -0.2) is 4.79 Å². The summed E-state index contributed by atoms with van der Waals surface area (Å²) in [4.78, 5) is 18.3. The van der Waals surface area contributed by atoms with E-state index in [1.807, 2.05) is 6.92 Å². The van der Waals surface area contributed by atoms with Crippen molar-refractivity contribution in [3.8, 4) is 0 Å². The second-order valence-electron chi connectivity index (χ2n) is 6.29. The van der Waals surface area contributed by atoms with Gasteiger partial charge in [0.1, 0.15) is 0 Å². The number of carbonyl (C=O) groups excluding carboxylic acids is 1. The highest BCUT2D eigenvalue weighted by Gasteiger charge is 2.33. The second-order valence-corrected chi connectivity index (χ2v) is 6.29. The Morgan fingerprint density at radius 3 is 2.71 bits per heavy atom. The Bertz CT molecular complexity index is 418. The van der Waals surface area contributed by atoms with Gasteiger partial charge in [0, 0.05) is 39.7 Å². The summed E-state index contributed by atoms with van der Waals surface area (Å²) >= 11 is 0. The molecule has 1 aliphatic heterocycles. The number of methoxy groups -OCH3 is 1. The zero-order valence-corrected chi connectivity index (χ0v) is 17.2. The molecule has 0 aromatic heterocycles. The van der Waals surface area contributed by atoms with Crippen molar-refractivity contribution in [2.45, 2.75) is 32.2 Å². The van der Waals surface area contributed by atoms with Crippen molar-refractivity contribution in [2.75, 3.05) is 47.0 Å². The predicted molar refractivity (Wildman–Crippen MR) is 105 cm³/mol. The van der Waals surface area contributed by atoms with E-state index in [0.717, 1.165) is 44.9 Å². The SMILES string of the molecule is CCOC(=O)NC(CNC(=NC)N1CCC(COC)C1)C1CC1.I. The van der Waals surface area contributed by atoms with Gasteiger partial charge in [-0.3, -0.25) is 4.99 Å². The van der Waals surface area contributed by atoms with Crippen LogP contribution in [0.15, 0.2) is 4.99 Å². The van der Waals surface area contributed by atoms with Crippen molar-refractivity contribution >= 4 is 36.0 Å². The van der Waals surface area contributed by atoms with Crippen LogP contribution in [0.1, 0.15) is 26.2 Å². The van der Waals surface area contributed by atoms with Crippen LogP contribution in [0, 0.1) is 11.8 Å². The minimum absolute atomic E-state index is 0. The van der Waals surface area contributed by atoms with Gasteiger partial charge >= 0.3 is 6.09 Å². The summed E-state index contributed by atoms with van der Waals surface area (Å²) in [6.45, 7) is 5.65. The molecule has 140 valence electrons. The highest BCUT2D eigenvalue weighted by atomic mass is 127. The molecule has 2 fully saturated rings. The fourth-order valence-corrected chi connectivity index (χ4v) is 3.09. The van der Waals surface area contributed by atoms with Crippen LogP contribution >= 0.6 is 24.0 Å². The molecule has 1 heterocycles. The largest absolute Gasteiger partial charge is 0.450 e. The molecule has 1 amide bonds. The smallest absolute Gasteiger partial charge is 0.407 e. The first kappa shape index (κ1) is 21.3. The van der Waals surface area contributed by atoms with E-state index in [9.17, 15) is 4.79 Å². The molecule has 0 bridgehead atoms. The van der Waals surface area contributed by atoms with Crippen LogP contribution in [0.25, 0.3) is 0 Å². The molecular weight excluding hydrogens is 423 g/mol. The lowest BCUT2D eigenvalue weighted by Crippen LogP contribution is -2.49. The van der Waals surface area contributed by atoms with E-state index in [1.165, 1.54) is 0 Å². The molecule has 2 N–H and O–H groups in total. The maximum atomic E-state index is 11.7. The van der Waals surface area contributed by atoms with Crippen molar-refractivity contribution in [2.24, 2.45) is 16.8 Å². The van der Waals surface area contributed by atoms with E-state index in [1.54, 1.807) is 14.2 Å². The Balaban J connectivity index is 0.00000288. The first-order valence-corrected chi connectivity index (χ1v) is 8.55. The summed E-state index contributed by atoms with van der Waals surface area (Å²) in [6.07, 6.45) is 3.12. The number of rotatable bonds is 7. The van der Waals surface area contributed by atoms with Gasteiger partial charge in [0.25, 0.3) is 0 Å². The van der Waals surface area contributed by atoms with E-state index < -0.39 is 0 Å². The molecule has 1 aliphatic carbocycles. The lowest BCUT2D eigenvalue weighted by Gasteiger charge is -2.25. The first-order chi connectivity index (χ1) is 11.2. The molecule has 7 nitrogen and oxygen atoms in total. The molecule has 0 spiro atoms. The number of nitrogens with zero attached hydrogens (tertiary/aromatic N) is 2. The van der Waals surface area contributed by atoms with Gasteiger partial charge in [0.15, 0.2) is 5.96 Å². The van der Waals surface area contributed by atoms with Crippen LogP contribution in [0.2, 0.25) is 0 Å². The molecule has 1 saturated carbocycles. The number of ether oxygens (including phenoxy) is 2. The van der Waals surface area contributed by atoms with Gasteiger partial charge in [-0.1, -0.05) is 0 Å². The highest BCUT2D eigenvalue weighted by Crippen LogP contribution is 2.32. The number of nitrogens with one attached hydrogen (secondary N) is 2. The topological polar surface area (TPSA) is 75.2 Å². The van der Waals surface area contributed by atoms with Crippen LogP contribution in [-0.4, -0.2) is 70.0 Å². The lowest BCUT2D eigenvalue weighted by atomic mass is 10.1. The van der Waals surface area contributed by atoms with Gasteiger partial charge in [0.05, 0.1) is 19.3 Å². The van der Waals surface area contributed by atoms with E-state index in [-0.39, 0.29) is 36.1 Å². The third kappa shape index (κ3) is 6.62. The lowest BCUT2D eigenvalue weighted by molar-refractivity contribution is 0.146. The van der Waals surface area contributed by atoms with Crippen LogP contribution in [0.4, 0.5) is 4.79 Å². The minimum atomic E-state index is -0.331. The van der Waals surface area contributed by atoms with Gasteiger partial charge < -0.3 is 25.0 Å². The van der Waals surface area contributed by atoms with Crippen molar-refractivity contribution in [1.82, 2.24) is 15.5 Å². The molecular formula is C16H31IN4O3. The van der Waals surface area contributed by atoms with E-state index in [0.29, 0.717) is 25.0 Å². The van der Waals surface area contributed by atoms with Crippen LogP contribution in [-0.2, 0) is 9.47 Å². The second kappa shape index (κ2) is 11.0. The number of aliphatic imine (C=N–C) groups is 1. The summed E-state index contributed by atoms with van der Waals surface area (Å²) < 4.78 is 10.2. The van der Waals surface area contributed by atoms with Gasteiger partial charge in [0.2, 0.25) is 0 Å². The Morgan fingerprint density at radius 1 is 1.38 bits per heavy atom. The Kier molecular flexibility index (Phi) is 9.72. The van der Waals surface area contributed by atoms with Crippen LogP contribution in [0.5, 0.6) is 0 Å². The highest BCUT2D eigenvalue weighted by molar-refractivity contribution is 14.0. The Hall–Kier alpha value is -0.770. The average molecular weight is 454 g/mol. The number of amides is 1. The maximum Gasteiger partial charge on any atom is 0.407 e. The number of likely N-dealkylation sites (tertiary alicyclic amines) is 1. The summed E-state index contributed by atoms with van der Waals surface area (Å²) in [7, 11) is 3.55. The molecule has 2 rings (SSSR count). The van der Waals surface area contributed by atoms with Gasteiger partial charge in [-0.2, -0.15) is 0 Å². The number of hydrogen-bond donors (Lipinski definition) is 2. The van der Waals surface area contributed by atoms with Crippen molar-refractivity contribution in [3.05, 3.63) is 0 Å².